The first kappa shape index (κ1) is 40.9. The number of carbonyl (C=O) groups is 3. The number of ether oxygens (including phenoxy) is 5. The number of carbonyl (C=O) groups excluding carboxylic acids is 3. The molecule has 1 fully saturated rings. The van der Waals surface area contributed by atoms with Crippen LogP contribution in [0.15, 0.2) is 126 Å². The molecular weight excluding hydrogens is 736 g/mol. The van der Waals surface area contributed by atoms with Crippen LogP contribution in [0.5, 0.6) is 0 Å². The molecule has 0 amide bonds. The van der Waals surface area contributed by atoms with Crippen molar-refractivity contribution in [3.8, 4) is 0 Å². The Kier molecular flexibility index (Phi) is 13.0. The molecule has 1 aliphatic heterocycles. The molecule has 0 N–H and O–H groups in total. The van der Waals surface area contributed by atoms with Gasteiger partial charge < -0.3 is 28.1 Å². The van der Waals surface area contributed by atoms with Crippen molar-refractivity contribution in [3.63, 3.8) is 0 Å². The molecule has 5 atom stereocenters. The molecule has 290 valence electrons. The van der Waals surface area contributed by atoms with Crippen LogP contribution in [0.2, 0.25) is 18.1 Å². The predicted octanol–water partition coefficient (Wildman–Crippen LogP) is 8.72. The maximum Gasteiger partial charge on any atom is 0.468 e. The van der Waals surface area contributed by atoms with Crippen LogP contribution in [0, 0.1) is 0 Å². The van der Waals surface area contributed by atoms with Crippen molar-refractivity contribution in [2.24, 2.45) is 4.99 Å². The maximum absolute atomic E-state index is 14.7. The summed E-state index contributed by atoms with van der Waals surface area (Å²) in [5, 5.41) is -0.327. The van der Waals surface area contributed by atoms with Crippen molar-refractivity contribution in [2.45, 2.75) is 75.8 Å². The average Bonchev–Trinajstić information content (AvgIpc) is 3.16. The molecule has 0 bridgehead atoms. The summed E-state index contributed by atoms with van der Waals surface area (Å²) in [5.74, 6) is -4.57. The van der Waals surface area contributed by atoms with Crippen molar-refractivity contribution in [1.29, 1.82) is 0 Å². The van der Waals surface area contributed by atoms with Crippen molar-refractivity contribution >= 4 is 37.8 Å². The van der Waals surface area contributed by atoms with Gasteiger partial charge in [-0.3, -0.25) is 0 Å². The van der Waals surface area contributed by atoms with Gasteiger partial charge in [0.2, 0.25) is 12.4 Å². The van der Waals surface area contributed by atoms with E-state index in [-0.39, 0.29) is 34.0 Å². The van der Waals surface area contributed by atoms with Crippen LogP contribution in [0.4, 0.5) is 18.9 Å². The third-order valence-electron chi connectivity index (χ3n) is 9.22. The summed E-state index contributed by atoms with van der Waals surface area (Å²) in [6, 6.07) is 30.5. The largest absolute Gasteiger partial charge is 0.468 e. The molecule has 4 aromatic carbocycles. The molecule has 1 aliphatic rings. The van der Waals surface area contributed by atoms with E-state index in [1.165, 1.54) is 60.7 Å². The zero-order chi connectivity index (χ0) is 39.8. The summed E-state index contributed by atoms with van der Waals surface area (Å²) in [7, 11) is -2.61. The van der Waals surface area contributed by atoms with Crippen molar-refractivity contribution in [3.05, 3.63) is 138 Å². The van der Waals surface area contributed by atoms with E-state index in [9.17, 15) is 27.6 Å². The number of alkyl halides is 3. The third-order valence-corrected chi connectivity index (χ3v) is 13.7. The highest BCUT2D eigenvalue weighted by Gasteiger charge is 2.56. The lowest BCUT2D eigenvalue weighted by atomic mass is 9.97. The zero-order valence-electron chi connectivity index (χ0n) is 30.9. The minimum atomic E-state index is -5.17. The Balaban J connectivity index is 1.66. The van der Waals surface area contributed by atoms with Gasteiger partial charge in [-0.2, -0.15) is 13.2 Å². The van der Waals surface area contributed by atoms with Crippen LogP contribution in [0.3, 0.4) is 0 Å². The van der Waals surface area contributed by atoms with Gasteiger partial charge >= 0.3 is 24.1 Å². The Morgan fingerprint density at radius 2 is 1.02 bits per heavy atom. The lowest BCUT2D eigenvalue weighted by Gasteiger charge is -2.45. The zero-order valence-corrected chi connectivity index (χ0v) is 31.9. The van der Waals surface area contributed by atoms with E-state index < -0.39 is 69.0 Å². The fourth-order valence-electron chi connectivity index (χ4n) is 5.20. The first-order valence-corrected chi connectivity index (χ1v) is 20.4. The molecule has 1 unspecified atom stereocenters. The number of halogens is 3. The van der Waals surface area contributed by atoms with Gasteiger partial charge in [-0.05, 0) is 66.7 Å². The SMILES string of the molecule is CC(C)(C)[Si](C)(C)OC[C@H]1OC(OC(=Nc2ccccc2)C(F)(F)F)[C@H](OC(=O)c2ccccc2)[C@@H](OC(=O)c2ccccc2)[C@@H]1OC(=O)c1ccccc1. The highest BCUT2D eigenvalue weighted by molar-refractivity contribution is 6.74. The number of aliphatic imine (C=N–C) groups is 1. The second-order valence-electron chi connectivity index (χ2n) is 14.2. The summed E-state index contributed by atoms with van der Waals surface area (Å²) in [6.45, 7) is 9.51. The lowest BCUT2D eigenvalue weighted by molar-refractivity contribution is -0.282. The Morgan fingerprint density at radius 1 is 0.618 bits per heavy atom. The van der Waals surface area contributed by atoms with E-state index in [1.807, 2.05) is 33.9 Å². The number of para-hydroxylation sites is 1. The standard InChI is InChI=1S/C41H42F3NO9Si/c1-40(2,3)55(4,5)49-26-31-32(51-35(46)27-18-10-6-11-19-27)33(52-36(47)28-20-12-7-13-21-28)34(53-37(48)29-22-14-8-15-23-29)38(50-31)54-39(41(42,43)44)45-30-24-16-9-17-25-30/h6-25,31-34,38H,26H2,1-5H3/t31-,32-,33+,34-,38?/m1/s1. The molecule has 0 aromatic heterocycles. The van der Waals surface area contributed by atoms with Gasteiger partial charge in [0.1, 0.15) is 6.10 Å². The Labute approximate surface area is 318 Å². The first-order chi connectivity index (χ1) is 26.0. The third kappa shape index (κ3) is 10.7. The van der Waals surface area contributed by atoms with Crippen LogP contribution in [0.25, 0.3) is 0 Å². The summed E-state index contributed by atoms with van der Waals surface area (Å²) in [5.41, 5.74) is 0.0984. The lowest BCUT2D eigenvalue weighted by Crippen LogP contribution is -2.64. The van der Waals surface area contributed by atoms with Crippen LogP contribution in [-0.4, -0.2) is 75.6 Å². The van der Waals surface area contributed by atoms with Gasteiger partial charge in [-0.1, -0.05) is 93.6 Å². The normalized spacial score (nSPS) is 20.6. The summed E-state index contributed by atoms with van der Waals surface area (Å²) in [4.78, 5) is 44.9. The van der Waals surface area contributed by atoms with Gasteiger partial charge in [0.25, 0.3) is 5.90 Å². The van der Waals surface area contributed by atoms with Gasteiger partial charge in [-0.25, -0.2) is 19.4 Å². The van der Waals surface area contributed by atoms with Crippen molar-refractivity contribution in [2.75, 3.05) is 6.61 Å². The predicted molar refractivity (Wildman–Crippen MR) is 199 cm³/mol. The monoisotopic (exact) mass is 777 g/mol. The molecule has 10 nitrogen and oxygen atoms in total. The number of hydrogen-bond donors (Lipinski definition) is 0. The molecule has 1 saturated heterocycles. The number of esters is 3. The smallest absolute Gasteiger partial charge is 0.452 e. The number of hydrogen-bond acceptors (Lipinski definition) is 10. The summed E-state index contributed by atoms with van der Waals surface area (Å²) in [6.07, 6.45) is -14.1. The molecule has 0 saturated carbocycles. The molecule has 4 aromatic rings. The van der Waals surface area contributed by atoms with Crippen molar-refractivity contribution < 1.29 is 55.7 Å². The van der Waals surface area contributed by atoms with E-state index in [0.29, 0.717) is 0 Å². The average molecular weight is 778 g/mol. The van der Waals surface area contributed by atoms with Gasteiger partial charge in [0.05, 0.1) is 29.0 Å². The molecule has 0 aliphatic carbocycles. The molecule has 1 heterocycles. The highest BCUT2D eigenvalue weighted by Crippen LogP contribution is 2.39. The van der Waals surface area contributed by atoms with Gasteiger partial charge in [0.15, 0.2) is 20.5 Å². The summed E-state index contributed by atoms with van der Waals surface area (Å²) >= 11 is 0. The van der Waals surface area contributed by atoms with E-state index in [1.54, 1.807) is 60.7 Å². The van der Waals surface area contributed by atoms with E-state index >= 15 is 0 Å². The van der Waals surface area contributed by atoms with Gasteiger partial charge in [-0.15, -0.1) is 0 Å². The first-order valence-electron chi connectivity index (χ1n) is 17.5. The molecule has 5 rings (SSSR count). The second kappa shape index (κ2) is 17.4. The Morgan fingerprint density at radius 3 is 1.44 bits per heavy atom. The summed E-state index contributed by atoms with van der Waals surface area (Å²) < 4.78 is 80.3. The molecule has 0 radical (unpaired) electrons. The Bertz CT molecular complexity index is 1920. The minimum Gasteiger partial charge on any atom is -0.452 e. The quantitative estimate of drug-likeness (QED) is 0.0485. The van der Waals surface area contributed by atoms with E-state index in [0.717, 1.165) is 0 Å². The van der Waals surface area contributed by atoms with Crippen LogP contribution in [-0.2, 0) is 28.1 Å². The maximum atomic E-state index is 14.7. The molecule has 55 heavy (non-hydrogen) atoms. The van der Waals surface area contributed by atoms with E-state index in [2.05, 4.69) is 4.99 Å². The van der Waals surface area contributed by atoms with Crippen LogP contribution in [0.1, 0.15) is 51.8 Å². The van der Waals surface area contributed by atoms with Crippen LogP contribution < -0.4 is 0 Å². The highest BCUT2D eigenvalue weighted by atomic mass is 28.4. The van der Waals surface area contributed by atoms with Crippen molar-refractivity contribution in [1.82, 2.24) is 0 Å². The fourth-order valence-corrected chi connectivity index (χ4v) is 6.21. The minimum absolute atomic E-state index is 0.0181. The molecular formula is C41H42F3NO9Si. The van der Waals surface area contributed by atoms with Gasteiger partial charge in [0, 0.05) is 0 Å². The van der Waals surface area contributed by atoms with E-state index in [4.69, 9.17) is 28.1 Å². The topological polar surface area (TPSA) is 119 Å². The number of benzene rings is 4. The molecule has 14 heteroatoms. The number of nitrogens with zero attached hydrogens (tertiary/aromatic N) is 1. The Hall–Kier alpha value is -5.31. The molecule has 0 spiro atoms. The fraction of sp³-hybridized carbons (Fsp3) is 0.317. The van der Waals surface area contributed by atoms with Crippen LogP contribution >= 0.6 is 0 Å². The number of rotatable bonds is 11. The second-order valence-corrected chi connectivity index (χ2v) is 19.0.